The number of hydrogen-bond acceptors (Lipinski definition) is 5. The molecule has 0 bridgehead atoms. The summed E-state index contributed by atoms with van der Waals surface area (Å²) < 4.78 is 5.39. The summed E-state index contributed by atoms with van der Waals surface area (Å²) in [5.74, 6) is -1.20. The van der Waals surface area contributed by atoms with Crippen molar-refractivity contribution in [3.63, 3.8) is 0 Å². The van der Waals surface area contributed by atoms with Gasteiger partial charge >= 0.3 is 6.09 Å². The number of fused-ring (bicyclic) bond motifs is 1. The van der Waals surface area contributed by atoms with Crippen LogP contribution in [-0.4, -0.2) is 76.8 Å². The van der Waals surface area contributed by atoms with E-state index in [1.165, 1.54) is 0 Å². The van der Waals surface area contributed by atoms with Gasteiger partial charge in [0.2, 0.25) is 5.91 Å². The molecule has 0 spiro atoms. The van der Waals surface area contributed by atoms with Gasteiger partial charge in [-0.2, -0.15) is 0 Å². The predicted octanol–water partition coefficient (Wildman–Crippen LogP) is 1.75. The molecule has 1 saturated heterocycles. The first-order valence-electron chi connectivity index (χ1n) is 9.38. The molecule has 3 rings (SSSR count). The number of benzene rings is 1. The van der Waals surface area contributed by atoms with Gasteiger partial charge in [-0.1, -0.05) is 12.1 Å². The maximum atomic E-state index is 12.7. The van der Waals surface area contributed by atoms with Crippen LogP contribution in [0.15, 0.2) is 24.3 Å². The van der Waals surface area contributed by atoms with Gasteiger partial charge in [-0.25, -0.2) is 4.79 Å². The predicted molar refractivity (Wildman–Crippen MR) is 101 cm³/mol. The van der Waals surface area contributed by atoms with Crippen molar-refractivity contribution >= 4 is 23.8 Å². The van der Waals surface area contributed by atoms with Crippen LogP contribution in [0.1, 0.15) is 47.9 Å². The Hall–Kier alpha value is -2.90. The zero-order chi connectivity index (χ0) is 20.5. The minimum Gasteiger partial charge on any atom is -0.444 e. The molecule has 28 heavy (non-hydrogen) atoms. The molecular formula is C20H25N3O5. The summed E-state index contributed by atoms with van der Waals surface area (Å²) in [7, 11) is 0. The molecule has 0 saturated carbocycles. The highest BCUT2D eigenvalue weighted by atomic mass is 16.6. The van der Waals surface area contributed by atoms with Gasteiger partial charge in [-0.3, -0.25) is 19.3 Å². The number of nitrogens with zero attached hydrogens (tertiary/aromatic N) is 3. The lowest BCUT2D eigenvalue weighted by Crippen LogP contribution is -2.44. The minimum absolute atomic E-state index is 0.293. The van der Waals surface area contributed by atoms with Crippen LogP contribution < -0.4 is 0 Å². The van der Waals surface area contributed by atoms with Gasteiger partial charge in [-0.15, -0.1) is 0 Å². The quantitative estimate of drug-likeness (QED) is 0.722. The molecule has 8 heteroatoms. The topological polar surface area (TPSA) is 87.2 Å². The SMILES string of the molecule is CC(C)(C)OC(=O)N1CCCN(C(=O)CN2C(=O)c3ccccc3C2=O)CC1. The Morgan fingerprint density at radius 1 is 0.929 bits per heavy atom. The van der Waals surface area contributed by atoms with Crippen molar-refractivity contribution in [1.29, 1.82) is 0 Å². The second-order valence-corrected chi connectivity index (χ2v) is 7.94. The van der Waals surface area contributed by atoms with Crippen molar-refractivity contribution in [2.24, 2.45) is 0 Å². The van der Waals surface area contributed by atoms with Crippen molar-refractivity contribution in [3.05, 3.63) is 35.4 Å². The van der Waals surface area contributed by atoms with Crippen LogP contribution in [0.4, 0.5) is 4.79 Å². The molecule has 1 aromatic carbocycles. The number of ether oxygens (including phenoxy) is 1. The summed E-state index contributed by atoms with van der Waals surface area (Å²) in [5, 5.41) is 0. The molecular weight excluding hydrogens is 362 g/mol. The maximum Gasteiger partial charge on any atom is 0.410 e. The third-order valence-corrected chi connectivity index (χ3v) is 4.67. The molecule has 2 aliphatic rings. The number of hydrogen-bond donors (Lipinski definition) is 0. The summed E-state index contributed by atoms with van der Waals surface area (Å²) >= 11 is 0. The summed E-state index contributed by atoms with van der Waals surface area (Å²) in [4.78, 5) is 54.0. The minimum atomic E-state index is -0.579. The standard InChI is InChI=1S/C20H25N3O5/c1-20(2,3)28-19(27)22-10-6-9-21(11-12-22)16(24)13-23-17(25)14-7-4-5-8-15(14)18(23)26/h4-5,7-8H,6,9-13H2,1-3H3. The third kappa shape index (κ3) is 4.16. The fourth-order valence-electron chi connectivity index (χ4n) is 3.29. The molecule has 8 nitrogen and oxygen atoms in total. The van der Waals surface area contributed by atoms with E-state index in [-0.39, 0.29) is 12.5 Å². The lowest BCUT2D eigenvalue weighted by molar-refractivity contribution is -0.131. The molecule has 1 aromatic rings. The number of rotatable bonds is 2. The number of imide groups is 1. The Bertz CT molecular complexity index is 779. The van der Waals surface area contributed by atoms with E-state index >= 15 is 0 Å². The van der Waals surface area contributed by atoms with E-state index in [1.54, 1.807) is 54.8 Å². The first kappa shape index (κ1) is 19.9. The van der Waals surface area contributed by atoms with E-state index in [4.69, 9.17) is 4.74 Å². The van der Waals surface area contributed by atoms with Gasteiger partial charge in [0.05, 0.1) is 11.1 Å². The average Bonchev–Trinajstić information content (AvgIpc) is 2.82. The van der Waals surface area contributed by atoms with Gasteiger partial charge < -0.3 is 14.5 Å². The smallest absolute Gasteiger partial charge is 0.410 e. The number of carbonyl (C=O) groups is 4. The van der Waals surface area contributed by atoms with Crippen LogP contribution in [0.2, 0.25) is 0 Å². The second-order valence-electron chi connectivity index (χ2n) is 7.94. The van der Waals surface area contributed by atoms with Gasteiger partial charge in [-0.05, 0) is 39.3 Å². The van der Waals surface area contributed by atoms with Gasteiger partial charge in [0.25, 0.3) is 11.8 Å². The van der Waals surface area contributed by atoms with Crippen molar-refractivity contribution in [1.82, 2.24) is 14.7 Å². The van der Waals surface area contributed by atoms with E-state index < -0.39 is 23.5 Å². The van der Waals surface area contributed by atoms with Gasteiger partial charge in [0, 0.05) is 26.2 Å². The molecule has 2 aliphatic heterocycles. The van der Waals surface area contributed by atoms with E-state index in [2.05, 4.69) is 0 Å². The molecule has 2 heterocycles. The van der Waals surface area contributed by atoms with Crippen LogP contribution in [0.25, 0.3) is 0 Å². The summed E-state index contributed by atoms with van der Waals surface area (Å²) in [6.45, 7) is 6.76. The number of carbonyl (C=O) groups excluding carboxylic acids is 4. The number of amides is 4. The fourth-order valence-corrected chi connectivity index (χ4v) is 3.29. The highest BCUT2D eigenvalue weighted by molar-refractivity contribution is 6.22. The molecule has 0 N–H and O–H groups in total. The summed E-state index contributed by atoms with van der Waals surface area (Å²) in [6.07, 6.45) is 0.203. The Morgan fingerprint density at radius 2 is 1.46 bits per heavy atom. The second kappa shape index (κ2) is 7.61. The Balaban J connectivity index is 1.60. The molecule has 4 amide bonds. The van der Waals surface area contributed by atoms with E-state index in [1.807, 2.05) is 0 Å². The van der Waals surface area contributed by atoms with E-state index in [0.29, 0.717) is 43.7 Å². The third-order valence-electron chi connectivity index (χ3n) is 4.67. The van der Waals surface area contributed by atoms with Crippen LogP contribution >= 0.6 is 0 Å². The molecule has 0 atom stereocenters. The zero-order valence-corrected chi connectivity index (χ0v) is 16.4. The maximum absolute atomic E-state index is 12.7. The lowest BCUT2D eigenvalue weighted by Gasteiger charge is -2.26. The van der Waals surface area contributed by atoms with Crippen LogP contribution in [0, 0.1) is 0 Å². The highest BCUT2D eigenvalue weighted by Gasteiger charge is 2.37. The fraction of sp³-hybridized carbons (Fsp3) is 0.500. The Morgan fingerprint density at radius 3 is 2.04 bits per heavy atom. The monoisotopic (exact) mass is 387 g/mol. The summed E-state index contributed by atoms with van der Waals surface area (Å²) in [5.41, 5.74) is 0.0734. The summed E-state index contributed by atoms with van der Waals surface area (Å²) in [6, 6.07) is 6.56. The lowest BCUT2D eigenvalue weighted by atomic mass is 10.1. The molecule has 150 valence electrons. The van der Waals surface area contributed by atoms with Crippen molar-refractivity contribution in [3.8, 4) is 0 Å². The first-order chi connectivity index (χ1) is 13.2. The Kier molecular flexibility index (Phi) is 5.40. The van der Waals surface area contributed by atoms with Crippen molar-refractivity contribution < 1.29 is 23.9 Å². The highest BCUT2D eigenvalue weighted by Crippen LogP contribution is 2.22. The van der Waals surface area contributed by atoms with Crippen LogP contribution in [0.5, 0.6) is 0 Å². The van der Waals surface area contributed by atoms with Gasteiger partial charge in [0.15, 0.2) is 0 Å². The largest absolute Gasteiger partial charge is 0.444 e. The Labute approximate surface area is 164 Å². The molecule has 0 aliphatic carbocycles. The zero-order valence-electron chi connectivity index (χ0n) is 16.4. The molecule has 0 radical (unpaired) electrons. The molecule has 0 aromatic heterocycles. The average molecular weight is 387 g/mol. The van der Waals surface area contributed by atoms with E-state index in [0.717, 1.165) is 4.90 Å². The van der Waals surface area contributed by atoms with E-state index in [9.17, 15) is 19.2 Å². The molecule has 0 unspecified atom stereocenters. The van der Waals surface area contributed by atoms with Crippen molar-refractivity contribution in [2.75, 3.05) is 32.7 Å². The normalized spacial score (nSPS) is 17.5. The van der Waals surface area contributed by atoms with Crippen molar-refractivity contribution in [2.45, 2.75) is 32.8 Å². The van der Waals surface area contributed by atoms with Crippen LogP contribution in [-0.2, 0) is 9.53 Å². The first-order valence-corrected chi connectivity index (χ1v) is 9.38. The molecule has 1 fully saturated rings. The van der Waals surface area contributed by atoms with Crippen LogP contribution in [0.3, 0.4) is 0 Å². The van der Waals surface area contributed by atoms with Gasteiger partial charge in [0.1, 0.15) is 12.1 Å².